The first-order valence-electron chi connectivity index (χ1n) is 8.82. The Morgan fingerprint density at radius 3 is 2.72 bits per heavy atom. The molecular weight excluding hydrogens is 390 g/mol. The average molecular weight is 404 g/mol. The number of carbonyl (C=O) groups is 1. The third kappa shape index (κ3) is 2.18. The summed E-state index contributed by atoms with van der Waals surface area (Å²) in [6.07, 6.45) is 0. The zero-order chi connectivity index (χ0) is 20.3. The van der Waals surface area contributed by atoms with E-state index < -0.39 is 11.3 Å². The van der Waals surface area contributed by atoms with Gasteiger partial charge >= 0.3 is 0 Å². The van der Waals surface area contributed by atoms with E-state index in [1.807, 2.05) is 31.2 Å². The van der Waals surface area contributed by atoms with Crippen LogP contribution in [0.15, 0.2) is 53.9 Å². The molecule has 5 rings (SSSR count). The van der Waals surface area contributed by atoms with Gasteiger partial charge in [-0.1, -0.05) is 41.4 Å². The van der Waals surface area contributed by atoms with Crippen molar-refractivity contribution in [2.45, 2.75) is 12.3 Å². The van der Waals surface area contributed by atoms with Crippen LogP contribution in [0.3, 0.4) is 0 Å². The molecule has 2 aliphatic heterocycles. The molecule has 4 N–H and O–H groups in total. The summed E-state index contributed by atoms with van der Waals surface area (Å²) in [7, 11) is 0. The molecule has 142 valence electrons. The van der Waals surface area contributed by atoms with Crippen LogP contribution < -0.4 is 15.8 Å². The first kappa shape index (κ1) is 17.3. The van der Waals surface area contributed by atoms with Gasteiger partial charge in [-0.2, -0.15) is 5.26 Å². The fourth-order valence-corrected chi connectivity index (χ4v) is 4.22. The molecule has 0 saturated carbocycles. The Bertz CT molecular complexity index is 1270. The maximum Gasteiger partial charge on any atom is 0.245 e. The topological polar surface area (TPSA) is 117 Å². The van der Waals surface area contributed by atoms with Crippen molar-refractivity contribution < 1.29 is 9.53 Å². The number of nitriles is 1. The normalized spacial score (nSPS) is 19.4. The molecule has 1 atom stereocenters. The Morgan fingerprint density at radius 1 is 1.24 bits per heavy atom. The highest BCUT2D eigenvalue weighted by Gasteiger charge is 2.58. The fourth-order valence-electron chi connectivity index (χ4n) is 4.05. The predicted molar refractivity (Wildman–Crippen MR) is 107 cm³/mol. The Labute approximate surface area is 170 Å². The number of aryl methyl sites for hydroxylation is 1. The lowest BCUT2D eigenvalue weighted by Gasteiger charge is -2.32. The molecule has 0 bridgehead atoms. The van der Waals surface area contributed by atoms with Crippen LogP contribution in [0.1, 0.15) is 16.7 Å². The van der Waals surface area contributed by atoms with E-state index in [-0.39, 0.29) is 17.3 Å². The molecule has 7 nitrogen and oxygen atoms in total. The monoisotopic (exact) mass is 403 g/mol. The predicted octanol–water partition coefficient (Wildman–Crippen LogP) is 3.36. The van der Waals surface area contributed by atoms with E-state index in [0.717, 1.165) is 11.1 Å². The minimum atomic E-state index is -1.51. The SMILES string of the molecule is Cc1ccc(-c2[nH]nc3c2[C@]2(C(=O)Nc4ccc(Cl)cc42)C(C#N)=C(N)O3)cc1. The van der Waals surface area contributed by atoms with Crippen molar-refractivity contribution >= 4 is 23.2 Å². The number of benzene rings is 2. The van der Waals surface area contributed by atoms with Gasteiger partial charge in [-0.15, -0.1) is 5.10 Å². The lowest BCUT2D eigenvalue weighted by molar-refractivity contribution is -0.118. The van der Waals surface area contributed by atoms with Gasteiger partial charge in [0.25, 0.3) is 0 Å². The van der Waals surface area contributed by atoms with Gasteiger partial charge in [0, 0.05) is 21.8 Å². The van der Waals surface area contributed by atoms with Crippen LogP contribution >= 0.6 is 11.6 Å². The number of rotatable bonds is 1. The fraction of sp³-hybridized carbons (Fsp3) is 0.0952. The van der Waals surface area contributed by atoms with Crippen LogP contribution in [0.5, 0.6) is 5.88 Å². The molecule has 0 fully saturated rings. The zero-order valence-corrected chi connectivity index (χ0v) is 16.0. The van der Waals surface area contributed by atoms with Crippen LogP contribution in [-0.4, -0.2) is 16.1 Å². The first-order chi connectivity index (χ1) is 14.0. The molecule has 3 aromatic rings. The van der Waals surface area contributed by atoms with Crippen LogP contribution in [-0.2, 0) is 10.2 Å². The summed E-state index contributed by atoms with van der Waals surface area (Å²) in [6, 6.07) is 14.9. The number of nitrogens with one attached hydrogen (secondary N) is 2. The molecule has 1 amide bonds. The molecule has 1 aromatic heterocycles. The lowest BCUT2D eigenvalue weighted by atomic mass is 9.68. The molecule has 8 heteroatoms. The number of ether oxygens (including phenoxy) is 1. The van der Waals surface area contributed by atoms with Crippen LogP contribution in [0, 0.1) is 18.3 Å². The summed E-state index contributed by atoms with van der Waals surface area (Å²) >= 11 is 6.25. The van der Waals surface area contributed by atoms with Crippen LogP contribution in [0.25, 0.3) is 11.3 Å². The highest BCUT2D eigenvalue weighted by molar-refractivity contribution is 6.31. The molecule has 3 heterocycles. The molecule has 29 heavy (non-hydrogen) atoms. The highest BCUT2D eigenvalue weighted by Crippen LogP contribution is 2.55. The quantitative estimate of drug-likeness (QED) is 0.576. The number of carbonyl (C=O) groups excluding carboxylic acids is 1. The minimum Gasteiger partial charge on any atom is -0.420 e. The summed E-state index contributed by atoms with van der Waals surface area (Å²) in [6.45, 7) is 1.98. The van der Waals surface area contributed by atoms with Crippen molar-refractivity contribution in [3.8, 4) is 23.2 Å². The number of nitrogens with two attached hydrogens (primary N) is 1. The first-order valence-corrected chi connectivity index (χ1v) is 9.20. The second kappa shape index (κ2) is 5.87. The van der Waals surface area contributed by atoms with Crippen molar-refractivity contribution in [1.82, 2.24) is 10.2 Å². The van der Waals surface area contributed by atoms with Gasteiger partial charge in [0.1, 0.15) is 17.1 Å². The van der Waals surface area contributed by atoms with Crippen molar-refractivity contribution in [3.05, 3.63) is 75.6 Å². The van der Waals surface area contributed by atoms with Gasteiger partial charge in [-0.3, -0.25) is 9.89 Å². The van der Waals surface area contributed by atoms with Crippen LogP contribution in [0.2, 0.25) is 5.02 Å². The van der Waals surface area contributed by atoms with Gasteiger partial charge in [0.05, 0.1) is 11.3 Å². The summed E-state index contributed by atoms with van der Waals surface area (Å²) in [4.78, 5) is 13.4. The Morgan fingerprint density at radius 2 is 2.00 bits per heavy atom. The molecule has 0 unspecified atom stereocenters. The number of H-pyrrole nitrogens is 1. The maximum atomic E-state index is 13.4. The van der Waals surface area contributed by atoms with Gasteiger partial charge in [0.15, 0.2) is 0 Å². The molecule has 2 aliphatic rings. The second-order valence-corrected chi connectivity index (χ2v) is 7.43. The molecule has 0 radical (unpaired) electrons. The van der Waals surface area contributed by atoms with Gasteiger partial charge < -0.3 is 15.8 Å². The van der Waals surface area contributed by atoms with Crippen molar-refractivity contribution in [2.24, 2.45) is 5.73 Å². The number of aromatic nitrogens is 2. The Kier molecular flexibility index (Phi) is 3.51. The van der Waals surface area contributed by atoms with E-state index in [1.165, 1.54) is 0 Å². The number of halogens is 1. The molecular formula is C21H14ClN5O2. The van der Waals surface area contributed by atoms with E-state index in [9.17, 15) is 10.1 Å². The number of anilines is 1. The largest absolute Gasteiger partial charge is 0.420 e. The van der Waals surface area contributed by atoms with Crippen molar-refractivity contribution in [3.63, 3.8) is 0 Å². The Balaban J connectivity index is 1.90. The van der Waals surface area contributed by atoms with E-state index in [1.54, 1.807) is 18.2 Å². The molecule has 0 aliphatic carbocycles. The summed E-state index contributed by atoms with van der Waals surface area (Å²) < 4.78 is 5.62. The number of hydrogen-bond donors (Lipinski definition) is 3. The van der Waals surface area contributed by atoms with E-state index in [2.05, 4.69) is 21.6 Å². The minimum absolute atomic E-state index is 0.00159. The third-order valence-electron chi connectivity index (χ3n) is 5.36. The molecule has 0 saturated heterocycles. The number of aromatic amines is 1. The lowest BCUT2D eigenvalue weighted by Crippen LogP contribution is -2.42. The Hall–Kier alpha value is -3.76. The highest BCUT2D eigenvalue weighted by atomic mass is 35.5. The molecule has 2 aromatic carbocycles. The van der Waals surface area contributed by atoms with Gasteiger partial charge in [-0.05, 0) is 25.1 Å². The smallest absolute Gasteiger partial charge is 0.245 e. The molecule has 1 spiro atoms. The summed E-state index contributed by atoms with van der Waals surface area (Å²) in [5, 5.41) is 20.4. The second-order valence-electron chi connectivity index (χ2n) is 6.99. The van der Waals surface area contributed by atoms with E-state index >= 15 is 0 Å². The van der Waals surface area contributed by atoms with E-state index in [0.29, 0.717) is 27.5 Å². The van der Waals surface area contributed by atoms with Crippen molar-refractivity contribution in [1.29, 1.82) is 5.26 Å². The number of amides is 1. The zero-order valence-electron chi connectivity index (χ0n) is 15.2. The summed E-state index contributed by atoms with van der Waals surface area (Å²) in [5.74, 6) is -0.418. The van der Waals surface area contributed by atoms with Crippen molar-refractivity contribution in [2.75, 3.05) is 5.32 Å². The van der Waals surface area contributed by atoms with Gasteiger partial charge in [0.2, 0.25) is 17.7 Å². The number of fused-ring (bicyclic) bond motifs is 4. The standard InChI is InChI=1S/C21H14ClN5O2/c1-10-2-4-11(5-3-10)17-16-19(27-26-17)29-18(24)14(9-23)21(16)13-8-12(22)6-7-15(13)25-20(21)28/h2-8H,24H2,1H3,(H,25,28)(H,26,27)/t21-/m1/s1. The van der Waals surface area contributed by atoms with Crippen LogP contribution in [0.4, 0.5) is 5.69 Å². The maximum absolute atomic E-state index is 13.4. The van der Waals surface area contributed by atoms with E-state index in [4.69, 9.17) is 22.1 Å². The number of hydrogen-bond acceptors (Lipinski definition) is 5. The average Bonchev–Trinajstić information content (AvgIpc) is 3.23. The summed E-state index contributed by atoms with van der Waals surface area (Å²) in [5.41, 5.74) is 8.53. The number of nitrogens with zero attached hydrogens (tertiary/aromatic N) is 2. The van der Waals surface area contributed by atoms with Gasteiger partial charge in [-0.25, -0.2) is 0 Å². The third-order valence-corrected chi connectivity index (χ3v) is 5.60.